The molecule has 0 saturated carbocycles. The van der Waals surface area contributed by atoms with Crippen molar-refractivity contribution in [1.29, 1.82) is 0 Å². The van der Waals surface area contributed by atoms with Crippen molar-refractivity contribution in [3.63, 3.8) is 0 Å². The molecule has 0 aliphatic carbocycles. The van der Waals surface area contributed by atoms with Crippen LogP contribution in [0.1, 0.15) is 11.3 Å². The van der Waals surface area contributed by atoms with E-state index in [4.69, 9.17) is 47.9 Å². The lowest BCUT2D eigenvalue weighted by molar-refractivity contribution is -0.135. The molecule has 3 heterocycles. The first-order chi connectivity index (χ1) is 19.0. The van der Waals surface area contributed by atoms with Gasteiger partial charge < -0.3 is 39.7 Å². The van der Waals surface area contributed by atoms with Gasteiger partial charge in [-0.2, -0.15) is 5.10 Å². The van der Waals surface area contributed by atoms with E-state index in [0.717, 1.165) is 33.3 Å². The number of H-pyrrole nitrogens is 1. The van der Waals surface area contributed by atoms with Gasteiger partial charge in [-0.25, -0.2) is 0 Å². The summed E-state index contributed by atoms with van der Waals surface area (Å²) in [4.78, 5) is 17.2. The van der Waals surface area contributed by atoms with Crippen molar-refractivity contribution in [2.75, 3.05) is 72.6 Å². The first kappa shape index (κ1) is 29.8. The number of rotatable bonds is 16. The van der Waals surface area contributed by atoms with Crippen LogP contribution in [0.5, 0.6) is 0 Å². The van der Waals surface area contributed by atoms with Crippen LogP contribution in [0.2, 0.25) is 10.0 Å². The van der Waals surface area contributed by atoms with E-state index in [1.54, 1.807) is 11.1 Å². The number of carbonyl (C=O) groups is 1. The van der Waals surface area contributed by atoms with Gasteiger partial charge in [0.05, 0.1) is 81.2 Å². The number of fused-ring (bicyclic) bond motifs is 3. The molecule has 1 aromatic carbocycles. The lowest BCUT2D eigenvalue weighted by atomic mass is 9.98. The van der Waals surface area contributed by atoms with Crippen molar-refractivity contribution in [3.05, 3.63) is 39.8 Å². The van der Waals surface area contributed by atoms with Crippen molar-refractivity contribution in [3.8, 4) is 11.1 Å². The first-order valence-corrected chi connectivity index (χ1v) is 13.7. The molecule has 0 saturated heterocycles. The predicted octanol–water partition coefficient (Wildman–Crippen LogP) is 2.24. The highest BCUT2D eigenvalue weighted by atomic mass is 35.5. The number of aromatic nitrogens is 3. The molecule has 0 bridgehead atoms. The highest BCUT2D eigenvalue weighted by Crippen LogP contribution is 2.42. The summed E-state index contributed by atoms with van der Waals surface area (Å²) in [5.74, 6) is -0.299. The van der Waals surface area contributed by atoms with Crippen molar-refractivity contribution in [1.82, 2.24) is 19.7 Å². The number of halogens is 2. The number of carbonyl (C=O) groups excluding carboxylic acids is 1. The number of nitrogens with one attached hydrogen (secondary N) is 1. The largest absolute Gasteiger partial charge is 0.387 e. The first-order valence-electron chi connectivity index (χ1n) is 13.0. The van der Waals surface area contributed by atoms with Gasteiger partial charge in [0.1, 0.15) is 6.61 Å². The zero-order valence-electron chi connectivity index (χ0n) is 21.8. The Bertz CT molecular complexity index is 1230. The number of aliphatic hydroxyl groups is 1. The van der Waals surface area contributed by atoms with Crippen LogP contribution < -0.4 is 5.73 Å². The molecule has 11 nitrogen and oxygen atoms in total. The fraction of sp³-hybridized carbons (Fsp3) is 0.538. The highest BCUT2D eigenvalue weighted by molar-refractivity contribution is 6.45. The minimum absolute atomic E-state index is 0.299. The number of amides is 1. The third-order valence-corrected chi connectivity index (χ3v) is 7.20. The minimum atomic E-state index is -0.516. The minimum Gasteiger partial charge on any atom is -0.387 e. The smallest absolute Gasteiger partial charge is 0.248 e. The molecule has 1 aliphatic rings. The predicted molar refractivity (Wildman–Crippen MR) is 148 cm³/mol. The van der Waals surface area contributed by atoms with E-state index in [9.17, 15) is 9.90 Å². The van der Waals surface area contributed by atoms with Crippen LogP contribution in [-0.4, -0.2) is 103 Å². The Hall–Kier alpha value is -2.22. The van der Waals surface area contributed by atoms with E-state index < -0.39 is 6.61 Å². The van der Waals surface area contributed by atoms with Gasteiger partial charge in [-0.1, -0.05) is 23.2 Å². The van der Waals surface area contributed by atoms with E-state index in [-0.39, 0.29) is 5.91 Å². The molecular weight excluding hydrogens is 549 g/mol. The average Bonchev–Trinajstić information content (AvgIpc) is 3.58. The van der Waals surface area contributed by atoms with Crippen LogP contribution in [0.25, 0.3) is 22.0 Å². The van der Waals surface area contributed by atoms with E-state index in [1.165, 1.54) is 0 Å². The monoisotopic (exact) mass is 583 g/mol. The molecular formula is C26H35Cl2N5O6. The molecule has 0 radical (unpaired) electrons. The summed E-state index contributed by atoms with van der Waals surface area (Å²) in [6.45, 7) is 5.51. The van der Waals surface area contributed by atoms with Gasteiger partial charge in [-0.05, 0) is 11.6 Å². The van der Waals surface area contributed by atoms with E-state index in [1.807, 2.05) is 16.9 Å². The molecule has 0 atom stereocenters. The maximum absolute atomic E-state index is 12.2. The SMILES string of the molecule is NCCOCCOCCOCCOCCn1cc(-c2cc(Cl)c(Cl)c3[nH]c4c(c23)CN(C(=O)CO)CC4)cn1. The molecule has 1 aliphatic heterocycles. The van der Waals surface area contributed by atoms with Gasteiger partial charge in [0.25, 0.3) is 0 Å². The van der Waals surface area contributed by atoms with Crippen LogP contribution in [0, 0.1) is 0 Å². The second-order valence-electron chi connectivity index (χ2n) is 9.01. The molecule has 39 heavy (non-hydrogen) atoms. The van der Waals surface area contributed by atoms with Crippen LogP contribution in [0.4, 0.5) is 0 Å². The number of aromatic amines is 1. The Morgan fingerprint density at radius 1 is 1.05 bits per heavy atom. The normalized spacial score (nSPS) is 13.4. The Kier molecular flexibility index (Phi) is 11.4. The lowest BCUT2D eigenvalue weighted by Gasteiger charge is -2.26. The molecule has 3 aromatic rings. The summed E-state index contributed by atoms with van der Waals surface area (Å²) in [6.07, 6.45) is 4.36. The van der Waals surface area contributed by atoms with Crippen molar-refractivity contribution in [2.24, 2.45) is 5.73 Å². The molecule has 1 amide bonds. The summed E-state index contributed by atoms with van der Waals surface area (Å²) in [6, 6.07) is 1.83. The van der Waals surface area contributed by atoms with Gasteiger partial charge in [0.2, 0.25) is 5.91 Å². The standard InChI is InChI=1S/C26H35Cl2N5O6/c27-21-13-19(24-20-16-32(23(35)17-34)3-1-22(20)31-26(24)25(21)28)18-14-30-33(15-18)4-6-37-8-10-39-12-11-38-9-7-36-5-2-29/h13-15,31,34H,1-12,16-17,29H2. The lowest BCUT2D eigenvalue weighted by Crippen LogP contribution is -2.37. The Morgan fingerprint density at radius 2 is 1.72 bits per heavy atom. The zero-order chi connectivity index (χ0) is 27.6. The van der Waals surface area contributed by atoms with Crippen molar-refractivity contribution >= 4 is 40.0 Å². The van der Waals surface area contributed by atoms with Gasteiger partial charge in [-0.3, -0.25) is 9.48 Å². The number of ether oxygens (including phenoxy) is 4. The van der Waals surface area contributed by atoms with Gasteiger partial charge >= 0.3 is 0 Å². The Labute approximate surface area is 237 Å². The van der Waals surface area contributed by atoms with Crippen molar-refractivity contribution < 1.29 is 28.8 Å². The summed E-state index contributed by atoms with van der Waals surface area (Å²) in [7, 11) is 0. The van der Waals surface area contributed by atoms with E-state index in [2.05, 4.69) is 10.1 Å². The average molecular weight is 585 g/mol. The third-order valence-electron chi connectivity index (χ3n) is 6.42. The van der Waals surface area contributed by atoms with Gasteiger partial charge in [0, 0.05) is 54.5 Å². The molecule has 0 unspecified atom stereocenters. The number of hydrogen-bond acceptors (Lipinski definition) is 8. The number of nitrogens with two attached hydrogens (primary N) is 1. The second kappa shape index (κ2) is 15.0. The molecule has 13 heteroatoms. The van der Waals surface area contributed by atoms with Gasteiger partial charge in [-0.15, -0.1) is 0 Å². The van der Waals surface area contributed by atoms with Crippen LogP contribution >= 0.6 is 23.2 Å². The second-order valence-corrected chi connectivity index (χ2v) is 9.79. The number of aliphatic hydroxyl groups excluding tert-OH is 1. The molecule has 4 rings (SSSR count). The Balaban J connectivity index is 1.29. The van der Waals surface area contributed by atoms with E-state index >= 15 is 0 Å². The topological polar surface area (TPSA) is 137 Å². The van der Waals surface area contributed by atoms with Gasteiger partial charge in [0.15, 0.2) is 0 Å². The summed E-state index contributed by atoms with van der Waals surface area (Å²) < 4.78 is 23.6. The number of benzene rings is 1. The Morgan fingerprint density at radius 3 is 2.38 bits per heavy atom. The molecule has 4 N–H and O–H groups in total. The fourth-order valence-electron chi connectivity index (χ4n) is 4.51. The summed E-state index contributed by atoms with van der Waals surface area (Å²) in [5, 5.41) is 15.6. The van der Waals surface area contributed by atoms with E-state index in [0.29, 0.717) is 95.5 Å². The molecule has 0 spiro atoms. The maximum Gasteiger partial charge on any atom is 0.248 e. The molecule has 214 valence electrons. The van der Waals surface area contributed by atoms with Crippen LogP contribution in [-0.2, 0) is 43.3 Å². The zero-order valence-corrected chi connectivity index (χ0v) is 23.3. The third kappa shape index (κ3) is 7.71. The van der Waals surface area contributed by atoms with Crippen LogP contribution in [0.15, 0.2) is 18.5 Å². The molecule has 2 aromatic heterocycles. The quantitative estimate of drug-likeness (QED) is 0.218. The highest BCUT2D eigenvalue weighted by Gasteiger charge is 2.27. The number of hydrogen-bond donors (Lipinski definition) is 3. The maximum atomic E-state index is 12.2. The van der Waals surface area contributed by atoms with Crippen LogP contribution in [0.3, 0.4) is 0 Å². The fourth-order valence-corrected chi connectivity index (χ4v) is 4.91. The summed E-state index contributed by atoms with van der Waals surface area (Å²) in [5.41, 5.74) is 9.84. The molecule has 0 fully saturated rings. The van der Waals surface area contributed by atoms with Crippen molar-refractivity contribution in [2.45, 2.75) is 19.5 Å². The number of nitrogens with zero attached hydrogens (tertiary/aromatic N) is 3. The summed E-state index contributed by atoms with van der Waals surface area (Å²) >= 11 is 13.0.